The highest BCUT2D eigenvalue weighted by molar-refractivity contribution is 5.85. The van der Waals surface area contributed by atoms with Gasteiger partial charge in [0.2, 0.25) is 0 Å². The van der Waals surface area contributed by atoms with E-state index in [1.54, 1.807) is 37.4 Å². The Labute approximate surface area is 156 Å². The normalized spacial score (nSPS) is 11.7. The molecule has 2 aromatic carbocycles. The van der Waals surface area contributed by atoms with Crippen molar-refractivity contribution in [3.8, 4) is 5.75 Å². The number of rotatable bonds is 5. The maximum atomic E-state index is 14.2. The van der Waals surface area contributed by atoms with E-state index in [9.17, 15) is 9.18 Å². The molecule has 0 radical (unpaired) electrons. The van der Waals surface area contributed by atoms with Gasteiger partial charge in [0.1, 0.15) is 22.8 Å². The van der Waals surface area contributed by atoms with E-state index in [-0.39, 0.29) is 23.3 Å². The molecule has 1 aromatic heterocycles. The van der Waals surface area contributed by atoms with Crippen LogP contribution in [0, 0.1) is 5.82 Å². The molecule has 0 saturated carbocycles. The van der Waals surface area contributed by atoms with Crippen LogP contribution in [0.25, 0.3) is 10.9 Å². The van der Waals surface area contributed by atoms with Crippen LogP contribution in [0.4, 0.5) is 10.1 Å². The van der Waals surface area contributed by atoms with Gasteiger partial charge in [0.25, 0.3) is 5.56 Å². The first kappa shape index (κ1) is 19.7. The van der Waals surface area contributed by atoms with Crippen molar-refractivity contribution in [2.75, 3.05) is 12.5 Å². The van der Waals surface area contributed by atoms with Crippen molar-refractivity contribution < 1.29 is 9.13 Å². The predicted octanol–water partition coefficient (Wildman–Crippen LogP) is 3.25. The second kappa shape index (κ2) is 8.16. The molecule has 0 amide bonds. The summed E-state index contributed by atoms with van der Waals surface area (Å²) in [5.74, 6) is 0.348. The Balaban J connectivity index is 0.00000243. The van der Waals surface area contributed by atoms with Crippen molar-refractivity contribution in [1.82, 2.24) is 9.66 Å². The third-order valence-corrected chi connectivity index (χ3v) is 3.95. The number of methoxy groups -OCH3 is 1. The summed E-state index contributed by atoms with van der Waals surface area (Å²) in [5.41, 5.74) is 9.44. The molecule has 1 atom stereocenters. The summed E-state index contributed by atoms with van der Waals surface area (Å²) < 4.78 is 20.6. The number of nitrogens with one attached hydrogen (secondary N) is 1. The van der Waals surface area contributed by atoms with E-state index in [1.807, 2.05) is 6.92 Å². The average molecular weight is 379 g/mol. The van der Waals surface area contributed by atoms with Crippen molar-refractivity contribution in [1.29, 1.82) is 0 Å². The van der Waals surface area contributed by atoms with Crippen LogP contribution in [-0.4, -0.2) is 16.8 Å². The number of anilines is 1. The molecule has 3 N–H and O–H groups in total. The minimum absolute atomic E-state index is 0. The monoisotopic (exact) mass is 378 g/mol. The number of fused-ring (bicyclic) bond motifs is 1. The zero-order valence-corrected chi connectivity index (χ0v) is 15.2. The second-order valence-electron chi connectivity index (χ2n) is 5.60. The van der Waals surface area contributed by atoms with E-state index in [0.29, 0.717) is 23.7 Å². The topological polar surface area (TPSA) is 82.2 Å². The molecule has 0 aliphatic rings. The molecule has 0 fully saturated rings. The molecule has 0 unspecified atom stereocenters. The molecule has 0 aliphatic heterocycles. The first-order chi connectivity index (χ1) is 12.0. The van der Waals surface area contributed by atoms with E-state index in [2.05, 4.69) is 10.4 Å². The number of halogens is 2. The molecule has 6 nitrogen and oxygen atoms in total. The largest absolute Gasteiger partial charge is 0.497 e. The van der Waals surface area contributed by atoms with Gasteiger partial charge in [-0.15, -0.1) is 12.4 Å². The summed E-state index contributed by atoms with van der Waals surface area (Å²) in [5, 5.41) is -0.0788. The molecule has 138 valence electrons. The van der Waals surface area contributed by atoms with Crippen LogP contribution in [0.5, 0.6) is 5.75 Å². The van der Waals surface area contributed by atoms with Crippen LogP contribution < -0.4 is 21.5 Å². The van der Waals surface area contributed by atoms with E-state index in [0.717, 1.165) is 0 Å². The van der Waals surface area contributed by atoms with E-state index in [1.165, 1.54) is 16.8 Å². The Morgan fingerprint density at radius 2 is 2.04 bits per heavy atom. The van der Waals surface area contributed by atoms with Gasteiger partial charge in [-0.3, -0.25) is 10.2 Å². The zero-order valence-electron chi connectivity index (χ0n) is 14.4. The fourth-order valence-electron chi connectivity index (χ4n) is 2.57. The van der Waals surface area contributed by atoms with Gasteiger partial charge in [0.05, 0.1) is 24.4 Å². The molecule has 3 rings (SSSR count). The maximum Gasteiger partial charge on any atom is 0.283 e. The molecular formula is C18H20ClFN4O2. The van der Waals surface area contributed by atoms with Crippen molar-refractivity contribution >= 4 is 29.0 Å². The van der Waals surface area contributed by atoms with Gasteiger partial charge < -0.3 is 10.5 Å². The fraction of sp³-hybridized carbons (Fsp3) is 0.222. The molecule has 1 heterocycles. The molecule has 3 aromatic rings. The van der Waals surface area contributed by atoms with Crippen LogP contribution in [0.15, 0.2) is 47.3 Å². The Kier molecular flexibility index (Phi) is 6.18. The Morgan fingerprint density at radius 3 is 2.73 bits per heavy atom. The van der Waals surface area contributed by atoms with Crippen LogP contribution in [-0.2, 0) is 0 Å². The number of nitrogens with two attached hydrogens (primary N) is 1. The molecule has 0 spiro atoms. The highest BCUT2D eigenvalue weighted by Gasteiger charge is 2.18. The lowest BCUT2D eigenvalue weighted by molar-refractivity contribution is 0.415. The third kappa shape index (κ3) is 3.63. The summed E-state index contributed by atoms with van der Waals surface area (Å²) in [4.78, 5) is 17.3. The van der Waals surface area contributed by atoms with Crippen molar-refractivity contribution in [2.45, 2.75) is 19.4 Å². The first-order valence-electron chi connectivity index (χ1n) is 7.93. The molecular weight excluding hydrogens is 359 g/mol. The smallest absolute Gasteiger partial charge is 0.283 e. The minimum atomic E-state index is -0.618. The van der Waals surface area contributed by atoms with Gasteiger partial charge in [0, 0.05) is 6.07 Å². The standard InChI is InChI=1S/C18H19FN4O2.ClH/c1-3-14(20)17-21-15-9-5-8-13(19)16(15)18(24)23(17)22-11-6-4-7-12(10-11)25-2;/h4-10,14,22H,3,20H2,1-2H3;1H/t14-;/m0./s1. The van der Waals surface area contributed by atoms with Gasteiger partial charge in [-0.05, 0) is 30.7 Å². The fourth-order valence-corrected chi connectivity index (χ4v) is 2.57. The SMILES string of the molecule is CC[C@H](N)c1nc2cccc(F)c2c(=O)n1Nc1cccc(OC)c1.Cl. The third-order valence-electron chi connectivity index (χ3n) is 3.95. The lowest BCUT2D eigenvalue weighted by Gasteiger charge is -2.19. The Bertz CT molecular complexity index is 977. The van der Waals surface area contributed by atoms with E-state index >= 15 is 0 Å². The maximum absolute atomic E-state index is 14.2. The van der Waals surface area contributed by atoms with Gasteiger partial charge in [-0.25, -0.2) is 14.1 Å². The molecule has 8 heteroatoms. The highest BCUT2D eigenvalue weighted by atomic mass is 35.5. The summed E-state index contributed by atoms with van der Waals surface area (Å²) in [6.45, 7) is 1.89. The summed E-state index contributed by atoms with van der Waals surface area (Å²) in [6, 6.07) is 10.9. The number of benzene rings is 2. The average Bonchev–Trinajstić information content (AvgIpc) is 2.63. The predicted molar refractivity (Wildman–Crippen MR) is 102 cm³/mol. The van der Waals surface area contributed by atoms with Crippen LogP contribution >= 0.6 is 12.4 Å². The highest BCUT2D eigenvalue weighted by Crippen LogP contribution is 2.20. The Hall–Kier alpha value is -2.64. The van der Waals surface area contributed by atoms with E-state index in [4.69, 9.17) is 10.5 Å². The number of hydrogen-bond acceptors (Lipinski definition) is 5. The van der Waals surface area contributed by atoms with Crippen molar-refractivity contribution in [2.24, 2.45) is 5.73 Å². The molecule has 0 saturated heterocycles. The molecule has 26 heavy (non-hydrogen) atoms. The second-order valence-corrected chi connectivity index (χ2v) is 5.60. The number of aromatic nitrogens is 2. The van der Waals surface area contributed by atoms with Gasteiger partial charge in [-0.2, -0.15) is 0 Å². The quantitative estimate of drug-likeness (QED) is 0.712. The van der Waals surface area contributed by atoms with E-state index < -0.39 is 17.4 Å². The van der Waals surface area contributed by atoms with Gasteiger partial charge in [-0.1, -0.05) is 19.1 Å². The summed E-state index contributed by atoms with van der Waals surface area (Å²) in [7, 11) is 1.55. The lowest BCUT2D eigenvalue weighted by Crippen LogP contribution is -2.34. The van der Waals surface area contributed by atoms with Crippen LogP contribution in [0.3, 0.4) is 0 Å². The lowest BCUT2D eigenvalue weighted by atomic mass is 10.2. The number of hydrogen-bond donors (Lipinski definition) is 2. The van der Waals surface area contributed by atoms with Gasteiger partial charge >= 0.3 is 0 Å². The molecule has 0 bridgehead atoms. The summed E-state index contributed by atoms with van der Waals surface area (Å²) in [6.07, 6.45) is 0.576. The first-order valence-corrected chi connectivity index (χ1v) is 7.93. The number of ether oxygens (including phenoxy) is 1. The van der Waals surface area contributed by atoms with Crippen LogP contribution in [0.1, 0.15) is 25.2 Å². The van der Waals surface area contributed by atoms with Crippen molar-refractivity contribution in [3.05, 3.63) is 64.5 Å². The number of nitrogens with zero attached hydrogens (tertiary/aromatic N) is 2. The van der Waals surface area contributed by atoms with Gasteiger partial charge in [0.15, 0.2) is 0 Å². The molecule has 0 aliphatic carbocycles. The van der Waals surface area contributed by atoms with Crippen molar-refractivity contribution in [3.63, 3.8) is 0 Å². The zero-order chi connectivity index (χ0) is 18.0. The minimum Gasteiger partial charge on any atom is -0.497 e. The van der Waals surface area contributed by atoms with Crippen LogP contribution in [0.2, 0.25) is 0 Å². The Morgan fingerprint density at radius 1 is 1.31 bits per heavy atom. The summed E-state index contributed by atoms with van der Waals surface area (Å²) >= 11 is 0.